The molecule has 0 saturated carbocycles. The summed E-state index contributed by atoms with van der Waals surface area (Å²) in [7, 11) is 0. The zero-order chi connectivity index (χ0) is 45.0. The lowest BCUT2D eigenvalue weighted by atomic mass is 9.94. The molecule has 1 aliphatic heterocycles. The first kappa shape index (κ1) is 58.8. The first-order chi connectivity index (χ1) is 30.5. The summed E-state index contributed by atoms with van der Waals surface area (Å²) in [5, 5.41) is 16.5. The number of likely N-dealkylation sites (tertiary alicyclic amines) is 1. The molecule has 1 aliphatic rings. The average molecular weight is 876 g/mol. The van der Waals surface area contributed by atoms with Gasteiger partial charge in [0.15, 0.2) is 0 Å². The summed E-state index contributed by atoms with van der Waals surface area (Å²) in [6, 6.07) is 0.548. The van der Waals surface area contributed by atoms with Crippen molar-refractivity contribution in [3.8, 4) is 0 Å². The summed E-state index contributed by atoms with van der Waals surface area (Å²) >= 11 is 0. The highest BCUT2D eigenvalue weighted by Gasteiger charge is 2.24. The molecular formula is C55H110N4O3. The Bertz CT molecular complexity index is 925. The van der Waals surface area contributed by atoms with E-state index >= 15 is 0 Å². The molecule has 3 N–H and O–H groups in total. The molecule has 1 rings (SSSR count). The number of nitrogens with one attached hydrogen (secondary N) is 2. The molecule has 1 fully saturated rings. The van der Waals surface area contributed by atoms with E-state index in [9.17, 15) is 14.7 Å². The molecule has 0 atom stereocenters. The fourth-order valence-electron chi connectivity index (χ4n) is 9.93. The molecule has 0 aliphatic carbocycles. The van der Waals surface area contributed by atoms with Crippen molar-refractivity contribution in [3.05, 3.63) is 0 Å². The van der Waals surface area contributed by atoms with E-state index in [1.54, 1.807) is 0 Å². The Morgan fingerprint density at radius 2 is 0.839 bits per heavy atom. The van der Waals surface area contributed by atoms with Crippen LogP contribution < -0.4 is 10.6 Å². The fraction of sp³-hybridized carbons (Fsp3) is 0.964. The first-order valence-corrected chi connectivity index (χ1v) is 28.1. The summed E-state index contributed by atoms with van der Waals surface area (Å²) in [6.07, 6.45) is 47.4. The van der Waals surface area contributed by atoms with Crippen molar-refractivity contribution >= 4 is 11.8 Å². The van der Waals surface area contributed by atoms with Crippen LogP contribution in [0.4, 0.5) is 0 Å². The molecule has 0 spiro atoms. The number of hydrogen-bond acceptors (Lipinski definition) is 5. The molecule has 368 valence electrons. The van der Waals surface area contributed by atoms with Crippen molar-refractivity contribution in [3.63, 3.8) is 0 Å². The normalized spacial score (nSPS) is 13.9. The first-order valence-electron chi connectivity index (χ1n) is 28.1. The maximum atomic E-state index is 12.9. The number of hydrogen-bond donors (Lipinski definition) is 3. The number of piperidine rings is 1. The number of carbonyl (C=O) groups excluding carboxylic acids is 2. The van der Waals surface area contributed by atoms with Crippen LogP contribution in [-0.2, 0) is 9.59 Å². The molecule has 2 amide bonds. The monoisotopic (exact) mass is 875 g/mol. The maximum absolute atomic E-state index is 12.9. The van der Waals surface area contributed by atoms with E-state index in [2.05, 4.69) is 48.1 Å². The molecule has 0 unspecified atom stereocenters. The topological polar surface area (TPSA) is 84.9 Å². The zero-order valence-corrected chi connectivity index (χ0v) is 42.4. The van der Waals surface area contributed by atoms with Crippen LogP contribution in [-0.4, -0.2) is 85.2 Å². The Balaban J connectivity index is 2.27. The number of amides is 2. The highest BCUT2D eigenvalue weighted by atomic mass is 16.3. The van der Waals surface area contributed by atoms with Crippen molar-refractivity contribution in [2.24, 2.45) is 11.8 Å². The van der Waals surface area contributed by atoms with Gasteiger partial charge in [-0.1, -0.05) is 195 Å². The summed E-state index contributed by atoms with van der Waals surface area (Å²) in [5.41, 5.74) is 0. The molecule has 7 nitrogen and oxygen atoms in total. The number of nitrogens with zero attached hydrogens (tertiary/aromatic N) is 2. The van der Waals surface area contributed by atoms with Crippen LogP contribution in [0.2, 0.25) is 0 Å². The third-order valence-electron chi connectivity index (χ3n) is 14.2. The van der Waals surface area contributed by atoms with Gasteiger partial charge in [0, 0.05) is 38.5 Å². The molecule has 0 radical (unpaired) electrons. The minimum absolute atomic E-state index is 0.216. The Morgan fingerprint density at radius 1 is 0.484 bits per heavy atom. The van der Waals surface area contributed by atoms with Crippen molar-refractivity contribution in [1.29, 1.82) is 0 Å². The highest BCUT2D eigenvalue weighted by Crippen LogP contribution is 2.22. The molecule has 0 aromatic rings. The number of rotatable bonds is 47. The second kappa shape index (κ2) is 45.0. The largest absolute Gasteiger partial charge is 0.395 e. The van der Waals surface area contributed by atoms with E-state index in [1.165, 1.54) is 199 Å². The lowest BCUT2D eigenvalue weighted by Gasteiger charge is -2.38. The van der Waals surface area contributed by atoms with E-state index in [-0.39, 0.29) is 18.4 Å². The van der Waals surface area contributed by atoms with Gasteiger partial charge in [-0.15, -0.1) is 0 Å². The fourth-order valence-corrected chi connectivity index (χ4v) is 9.93. The lowest BCUT2D eigenvalue weighted by Crippen LogP contribution is -2.46. The van der Waals surface area contributed by atoms with Gasteiger partial charge < -0.3 is 20.6 Å². The van der Waals surface area contributed by atoms with Gasteiger partial charge in [0.05, 0.1) is 6.61 Å². The van der Waals surface area contributed by atoms with Crippen molar-refractivity contribution in [2.75, 3.05) is 52.4 Å². The molecule has 0 bridgehead atoms. The SMILES string of the molecule is CCCCCCCCC(CCCCCCCC)CNC(=O)CCCCCN1CCC(N(CCO)CCCCCC(=O)NCC(CCCCCCCC)CCCCCCCC)CC1. The van der Waals surface area contributed by atoms with Gasteiger partial charge in [-0.2, -0.15) is 0 Å². The van der Waals surface area contributed by atoms with Gasteiger partial charge in [-0.05, 0) is 102 Å². The van der Waals surface area contributed by atoms with Crippen molar-refractivity contribution in [1.82, 2.24) is 20.4 Å². The van der Waals surface area contributed by atoms with Crippen LogP contribution in [0.1, 0.15) is 272 Å². The standard InChI is InChI=1S/C55H110N4O3/c1-5-9-13-17-21-27-35-51(36-28-22-18-14-10-6-2)49-56-54(61)39-31-25-33-43-58-45-41-53(42-46-58)59(47-48-60)44-34-26-32-40-55(62)57-50-52(37-29-23-19-15-11-7-3)38-30-24-20-16-12-8-4/h51-53,60H,5-50H2,1-4H3,(H,56,61)(H,57,62). The summed E-state index contributed by atoms with van der Waals surface area (Å²) in [4.78, 5) is 30.8. The molecule has 1 heterocycles. The Morgan fingerprint density at radius 3 is 1.23 bits per heavy atom. The molecule has 0 aromatic heterocycles. The predicted octanol–water partition coefficient (Wildman–Crippen LogP) is 14.3. The minimum Gasteiger partial charge on any atom is -0.395 e. The van der Waals surface area contributed by atoms with Gasteiger partial charge >= 0.3 is 0 Å². The van der Waals surface area contributed by atoms with Gasteiger partial charge in [0.25, 0.3) is 0 Å². The van der Waals surface area contributed by atoms with Gasteiger partial charge in [-0.25, -0.2) is 0 Å². The van der Waals surface area contributed by atoms with E-state index in [0.29, 0.717) is 30.7 Å². The summed E-state index contributed by atoms with van der Waals surface area (Å²) in [5.74, 6) is 1.78. The number of unbranched alkanes of at least 4 members (excludes halogenated alkanes) is 24. The van der Waals surface area contributed by atoms with Crippen LogP contribution in [0.25, 0.3) is 0 Å². The molecule has 1 saturated heterocycles. The van der Waals surface area contributed by atoms with Crippen LogP contribution >= 0.6 is 0 Å². The number of aliphatic hydroxyl groups excluding tert-OH is 1. The Kier molecular flexibility index (Phi) is 42.7. The third kappa shape index (κ3) is 36.1. The third-order valence-corrected chi connectivity index (χ3v) is 14.2. The van der Waals surface area contributed by atoms with E-state index in [1.807, 2.05) is 0 Å². The van der Waals surface area contributed by atoms with E-state index in [0.717, 1.165) is 77.9 Å². The molecule has 62 heavy (non-hydrogen) atoms. The number of carbonyl (C=O) groups is 2. The van der Waals surface area contributed by atoms with Gasteiger partial charge in [0.2, 0.25) is 11.8 Å². The van der Waals surface area contributed by atoms with E-state index < -0.39 is 0 Å². The predicted molar refractivity (Wildman–Crippen MR) is 270 cm³/mol. The lowest BCUT2D eigenvalue weighted by molar-refractivity contribution is -0.122. The van der Waals surface area contributed by atoms with Gasteiger partial charge in [-0.3, -0.25) is 14.5 Å². The van der Waals surface area contributed by atoms with Crippen molar-refractivity contribution < 1.29 is 14.7 Å². The van der Waals surface area contributed by atoms with Gasteiger partial charge in [0.1, 0.15) is 0 Å². The zero-order valence-electron chi connectivity index (χ0n) is 42.4. The quantitative estimate of drug-likeness (QED) is 0.0531. The van der Waals surface area contributed by atoms with Crippen molar-refractivity contribution in [2.45, 2.75) is 278 Å². The van der Waals surface area contributed by atoms with Crippen LogP contribution in [0.15, 0.2) is 0 Å². The summed E-state index contributed by atoms with van der Waals surface area (Å²) in [6.45, 7) is 16.3. The summed E-state index contributed by atoms with van der Waals surface area (Å²) < 4.78 is 0. The highest BCUT2D eigenvalue weighted by molar-refractivity contribution is 5.76. The molecule has 7 heteroatoms. The van der Waals surface area contributed by atoms with Crippen LogP contribution in [0.5, 0.6) is 0 Å². The van der Waals surface area contributed by atoms with Crippen LogP contribution in [0.3, 0.4) is 0 Å². The smallest absolute Gasteiger partial charge is 0.220 e. The molecular weight excluding hydrogens is 765 g/mol. The molecule has 0 aromatic carbocycles. The Hall–Kier alpha value is -1.18. The Labute approximate surface area is 387 Å². The van der Waals surface area contributed by atoms with Crippen LogP contribution in [0, 0.1) is 11.8 Å². The second-order valence-corrected chi connectivity index (χ2v) is 20.0. The van der Waals surface area contributed by atoms with E-state index in [4.69, 9.17) is 0 Å². The second-order valence-electron chi connectivity index (χ2n) is 20.0. The maximum Gasteiger partial charge on any atom is 0.220 e. The minimum atomic E-state index is 0.216. The number of aliphatic hydroxyl groups is 1. The average Bonchev–Trinajstić information content (AvgIpc) is 3.28.